The predicted octanol–water partition coefficient (Wildman–Crippen LogP) is 0.692. The van der Waals surface area contributed by atoms with Gasteiger partial charge in [-0.25, -0.2) is 0 Å². The first kappa shape index (κ1) is 11.2. The van der Waals surface area contributed by atoms with Crippen molar-refractivity contribution in [3.63, 3.8) is 0 Å². The van der Waals surface area contributed by atoms with Crippen molar-refractivity contribution in [3.8, 4) is 0 Å². The van der Waals surface area contributed by atoms with E-state index in [9.17, 15) is 4.57 Å². The molecule has 4 nitrogen and oxygen atoms in total. The summed E-state index contributed by atoms with van der Waals surface area (Å²) in [5.41, 5.74) is 0. The Hall–Kier alpha value is 0.110. The van der Waals surface area contributed by atoms with Crippen LogP contribution >= 0.6 is 7.14 Å². The molecule has 0 aromatic carbocycles. The molecule has 2 N–H and O–H groups in total. The molecule has 0 atom stereocenters. The summed E-state index contributed by atoms with van der Waals surface area (Å²) in [7, 11) is -2.71. The van der Waals surface area contributed by atoms with Crippen molar-refractivity contribution in [3.05, 3.63) is 0 Å². The average molecular weight is 207 g/mol. The molecule has 0 bridgehead atoms. The lowest BCUT2D eigenvalue weighted by atomic mass is 10.1. The van der Waals surface area contributed by atoms with Crippen molar-refractivity contribution in [2.45, 2.75) is 19.3 Å². The van der Waals surface area contributed by atoms with Crippen LogP contribution in [0.25, 0.3) is 0 Å². The second-order valence-corrected chi connectivity index (χ2v) is 6.63. The van der Waals surface area contributed by atoms with Crippen molar-refractivity contribution in [2.24, 2.45) is 0 Å². The van der Waals surface area contributed by atoms with Crippen molar-refractivity contribution >= 4 is 7.14 Å². The van der Waals surface area contributed by atoms with E-state index in [0.717, 1.165) is 25.9 Å². The molecule has 0 radical (unpaired) electrons. The maximum absolute atomic E-state index is 11.7. The molecule has 13 heavy (non-hydrogen) atoms. The van der Waals surface area contributed by atoms with E-state index in [1.54, 1.807) is 0 Å². The Balaban J connectivity index is 2.40. The third kappa shape index (κ3) is 3.39. The highest BCUT2D eigenvalue weighted by Gasteiger charge is 2.24. The van der Waals surface area contributed by atoms with Crippen molar-refractivity contribution in [1.82, 2.24) is 4.90 Å². The van der Waals surface area contributed by atoms with Crippen LogP contribution in [-0.4, -0.2) is 47.2 Å². The van der Waals surface area contributed by atoms with Gasteiger partial charge in [-0.2, -0.15) is 0 Å². The van der Waals surface area contributed by atoms with Gasteiger partial charge in [-0.3, -0.25) is 4.90 Å². The van der Waals surface area contributed by atoms with E-state index in [-0.39, 0.29) is 12.7 Å². The van der Waals surface area contributed by atoms with Crippen molar-refractivity contribution < 1.29 is 14.8 Å². The summed E-state index contributed by atoms with van der Waals surface area (Å²) < 4.78 is 11.7. The second kappa shape index (κ2) is 5.11. The molecule has 0 aliphatic carbocycles. The lowest BCUT2D eigenvalue weighted by Crippen LogP contribution is -2.31. The van der Waals surface area contributed by atoms with Crippen LogP contribution in [0.5, 0.6) is 0 Å². The fourth-order valence-corrected chi connectivity index (χ4v) is 2.88. The lowest BCUT2D eigenvalue weighted by molar-refractivity contribution is 0.249. The fraction of sp³-hybridized carbons (Fsp3) is 1.00. The summed E-state index contributed by atoms with van der Waals surface area (Å²) in [5, 5.41) is 17.7. The second-order valence-electron chi connectivity index (χ2n) is 3.66. The first-order valence-electron chi connectivity index (χ1n) is 4.71. The molecular formula is C8H18NO3P. The van der Waals surface area contributed by atoms with E-state index in [0.29, 0.717) is 6.29 Å². The molecule has 0 aromatic rings. The van der Waals surface area contributed by atoms with Crippen molar-refractivity contribution in [1.29, 1.82) is 0 Å². The third-order valence-corrected chi connectivity index (χ3v) is 4.37. The molecule has 0 saturated carbocycles. The number of hydrogen-bond acceptors (Lipinski definition) is 4. The van der Waals surface area contributed by atoms with Crippen LogP contribution in [-0.2, 0) is 4.57 Å². The molecule has 78 valence electrons. The summed E-state index contributed by atoms with van der Waals surface area (Å²) in [4.78, 5) is 2.08. The summed E-state index contributed by atoms with van der Waals surface area (Å²) in [5.74, 6) is 0. The minimum atomic E-state index is -2.71. The number of hydrogen-bond donors (Lipinski definition) is 2. The largest absolute Gasteiger partial charge is 0.389 e. The normalized spacial score (nSPS) is 20.5. The topological polar surface area (TPSA) is 60.8 Å². The van der Waals surface area contributed by atoms with Crippen LogP contribution in [0.15, 0.2) is 0 Å². The molecule has 1 fully saturated rings. The quantitative estimate of drug-likeness (QED) is 0.666. The smallest absolute Gasteiger partial charge is 0.149 e. The van der Waals surface area contributed by atoms with Gasteiger partial charge in [0.1, 0.15) is 7.14 Å². The maximum Gasteiger partial charge on any atom is 0.149 e. The molecule has 5 heteroatoms. The summed E-state index contributed by atoms with van der Waals surface area (Å²) in [6, 6.07) is 0. The van der Waals surface area contributed by atoms with Crippen LogP contribution in [0.2, 0.25) is 0 Å². The van der Waals surface area contributed by atoms with Crippen LogP contribution in [0, 0.1) is 0 Å². The number of aliphatic hydroxyl groups excluding tert-OH is 2. The Morgan fingerprint density at radius 1 is 1.08 bits per heavy atom. The van der Waals surface area contributed by atoms with Gasteiger partial charge in [-0.1, -0.05) is 6.42 Å². The van der Waals surface area contributed by atoms with Gasteiger partial charge >= 0.3 is 0 Å². The zero-order chi connectivity index (χ0) is 9.73. The molecule has 1 rings (SSSR count). The van der Waals surface area contributed by atoms with Gasteiger partial charge < -0.3 is 14.8 Å². The van der Waals surface area contributed by atoms with Gasteiger partial charge in [0.2, 0.25) is 0 Å². The summed E-state index contributed by atoms with van der Waals surface area (Å²) >= 11 is 0. The minimum Gasteiger partial charge on any atom is -0.389 e. The van der Waals surface area contributed by atoms with Gasteiger partial charge in [-0.15, -0.1) is 0 Å². The Morgan fingerprint density at radius 3 is 2.08 bits per heavy atom. The first-order valence-corrected chi connectivity index (χ1v) is 6.97. The van der Waals surface area contributed by atoms with Crippen LogP contribution in [0.4, 0.5) is 0 Å². The number of rotatable bonds is 4. The Bertz CT molecular complexity index is 184. The fourth-order valence-electron chi connectivity index (χ4n) is 1.60. The molecule has 1 saturated heterocycles. The molecule has 0 amide bonds. The van der Waals surface area contributed by atoms with Gasteiger partial charge in [0.25, 0.3) is 0 Å². The zero-order valence-corrected chi connectivity index (χ0v) is 8.75. The first-order chi connectivity index (χ1) is 6.20. The van der Waals surface area contributed by atoms with Crippen LogP contribution < -0.4 is 0 Å². The molecular weight excluding hydrogens is 189 g/mol. The molecule has 1 aliphatic heterocycles. The summed E-state index contributed by atoms with van der Waals surface area (Å²) in [6.45, 7) is 1.90. The molecule has 0 aromatic heterocycles. The number of nitrogens with zero attached hydrogens (tertiary/aromatic N) is 1. The standard InChI is InChI=1S/C8H18NO3P/c10-7-13(12,8-11)6-9-4-2-1-3-5-9/h10-11H,1-8H2. The van der Waals surface area contributed by atoms with E-state index in [1.807, 2.05) is 0 Å². The summed E-state index contributed by atoms with van der Waals surface area (Å²) in [6.07, 6.45) is 3.13. The van der Waals surface area contributed by atoms with E-state index in [1.165, 1.54) is 6.42 Å². The van der Waals surface area contributed by atoms with Crippen LogP contribution in [0.3, 0.4) is 0 Å². The van der Waals surface area contributed by atoms with E-state index >= 15 is 0 Å². The number of aliphatic hydroxyl groups is 2. The van der Waals surface area contributed by atoms with E-state index < -0.39 is 7.14 Å². The Labute approximate surface area is 78.9 Å². The monoisotopic (exact) mass is 207 g/mol. The van der Waals surface area contributed by atoms with Gasteiger partial charge in [-0.05, 0) is 25.9 Å². The highest BCUT2D eigenvalue weighted by atomic mass is 31.2. The highest BCUT2D eigenvalue weighted by molar-refractivity contribution is 7.63. The van der Waals surface area contributed by atoms with Gasteiger partial charge in [0.05, 0.1) is 19.0 Å². The minimum absolute atomic E-state index is 0.375. The molecule has 0 spiro atoms. The van der Waals surface area contributed by atoms with E-state index in [4.69, 9.17) is 10.2 Å². The Morgan fingerprint density at radius 2 is 1.62 bits per heavy atom. The molecule has 1 aliphatic rings. The lowest BCUT2D eigenvalue weighted by Gasteiger charge is -2.29. The number of piperidine rings is 1. The molecule has 0 unspecified atom stereocenters. The van der Waals surface area contributed by atoms with Crippen molar-refractivity contribution in [2.75, 3.05) is 32.1 Å². The maximum atomic E-state index is 11.7. The predicted molar refractivity (Wildman–Crippen MR) is 52.1 cm³/mol. The van der Waals surface area contributed by atoms with Gasteiger partial charge in [0.15, 0.2) is 0 Å². The third-order valence-electron chi connectivity index (χ3n) is 2.42. The molecule has 1 heterocycles. The average Bonchev–Trinajstić information content (AvgIpc) is 2.19. The zero-order valence-electron chi connectivity index (χ0n) is 7.85. The van der Waals surface area contributed by atoms with Crippen LogP contribution in [0.1, 0.15) is 19.3 Å². The highest BCUT2D eigenvalue weighted by Crippen LogP contribution is 2.43. The van der Waals surface area contributed by atoms with E-state index in [2.05, 4.69) is 4.90 Å². The Kier molecular flexibility index (Phi) is 4.39. The SMILES string of the molecule is O=P(CO)(CO)CN1CCCCC1. The number of likely N-dealkylation sites (tertiary alicyclic amines) is 1. The van der Waals surface area contributed by atoms with Gasteiger partial charge in [0, 0.05) is 0 Å².